The average molecular weight is 380 g/mol. The lowest BCUT2D eigenvalue weighted by Gasteiger charge is -2.19. The summed E-state index contributed by atoms with van der Waals surface area (Å²) in [6.45, 7) is 1.96. The number of alkyl halides is 5. The van der Waals surface area contributed by atoms with Crippen molar-refractivity contribution in [3.8, 4) is 0 Å². The molecule has 9 heteroatoms. The monoisotopic (exact) mass is 380 g/mol. The van der Waals surface area contributed by atoms with E-state index in [1.165, 1.54) is 0 Å². The van der Waals surface area contributed by atoms with E-state index in [4.69, 9.17) is 5.11 Å². The van der Waals surface area contributed by atoms with Crippen molar-refractivity contribution in [3.05, 3.63) is 0 Å². The van der Waals surface area contributed by atoms with Crippen LogP contribution in [-0.4, -0.2) is 38.9 Å². The third-order valence-electron chi connectivity index (χ3n) is 3.71. The number of hydrogen-bond acceptors (Lipinski definition) is 2. The molecule has 2 unspecified atom stereocenters. The summed E-state index contributed by atoms with van der Waals surface area (Å²) in [7, 11) is -1.46. The molecule has 0 heterocycles. The molecule has 0 amide bonds. The van der Waals surface area contributed by atoms with Gasteiger partial charge in [-0.2, -0.15) is 22.0 Å². The van der Waals surface area contributed by atoms with Gasteiger partial charge < -0.3 is 5.11 Å². The van der Waals surface area contributed by atoms with Crippen LogP contribution in [0.15, 0.2) is 0 Å². The lowest BCUT2D eigenvalue weighted by Crippen LogP contribution is -2.36. The van der Waals surface area contributed by atoms with Gasteiger partial charge in [0.15, 0.2) is 0 Å². The predicted octanol–water partition coefficient (Wildman–Crippen LogP) is 4.77. The maximum Gasteiger partial charge on any atom is 0.453 e. The molecule has 0 aliphatic heterocycles. The molecule has 0 aromatic heterocycles. The Morgan fingerprint density at radius 3 is 2.04 bits per heavy atom. The van der Waals surface area contributed by atoms with E-state index in [-0.39, 0.29) is 11.5 Å². The van der Waals surface area contributed by atoms with E-state index >= 15 is 0 Å². The molecule has 0 rings (SSSR count). The first-order chi connectivity index (χ1) is 11.0. The van der Waals surface area contributed by atoms with Crippen LogP contribution in [0.1, 0.15) is 58.3 Å². The van der Waals surface area contributed by atoms with Crippen LogP contribution in [0.3, 0.4) is 0 Å². The van der Waals surface area contributed by atoms with Gasteiger partial charge in [-0.25, -0.2) is 0 Å². The van der Waals surface area contributed by atoms with E-state index in [1.54, 1.807) is 0 Å². The minimum Gasteiger partial charge on any atom is -0.481 e. The lowest BCUT2D eigenvalue weighted by molar-refractivity contribution is -0.284. The fraction of sp³-hybridized carbons (Fsp3) is 0.933. The van der Waals surface area contributed by atoms with Crippen molar-refractivity contribution in [2.75, 3.05) is 11.5 Å². The topological polar surface area (TPSA) is 54.4 Å². The summed E-state index contributed by atoms with van der Waals surface area (Å²) >= 11 is 0. The number of carbonyl (C=O) groups is 1. The fourth-order valence-corrected chi connectivity index (χ4v) is 3.39. The van der Waals surface area contributed by atoms with Crippen LogP contribution in [-0.2, 0) is 15.6 Å². The zero-order valence-electron chi connectivity index (χ0n) is 13.7. The second-order valence-electron chi connectivity index (χ2n) is 5.83. The van der Waals surface area contributed by atoms with Gasteiger partial charge in [0, 0.05) is 28.7 Å². The Hall–Kier alpha value is -0.730. The third kappa shape index (κ3) is 9.54. The maximum atomic E-state index is 12.7. The first kappa shape index (κ1) is 23.3. The largest absolute Gasteiger partial charge is 0.481 e. The molecule has 0 radical (unpaired) electrons. The molecule has 1 N–H and O–H groups in total. The van der Waals surface area contributed by atoms with Gasteiger partial charge in [0.25, 0.3) is 0 Å². The number of carboxylic acid groups (broad SMARTS) is 1. The van der Waals surface area contributed by atoms with Crippen molar-refractivity contribution in [3.63, 3.8) is 0 Å². The molecule has 0 fully saturated rings. The summed E-state index contributed by atoms with van der Waals surface area (Å²) in [6, 6.07) is 0. The van der Waals surface area contributed by atoms with E-state index in [2.05, 4.69) is 0 Å². The van der Waals surface area contributed by atoms with Crippen molar-refractivity contribution in [1.29, 1.82) is 0 Å². The lowest BCUT2D eigenvalue weighted by atomic mass is 9.96. The number of halogens is 5. The number of rotatable bonds is 13. The van der Waals surface area contributed by atoms with Crippen molar-refractivity contribution in [2.45, 2.75) is 70.4 Å². The molecule has 0 aliphatic carbocycles. The normalized spacial score (nSPS) is 15.2. The number of aliphatic carboxylic acids is 1. The van der Waals surface area contributed by atoms with Crippen molar-refractivity contribution < 1.29 is 36.1 Å². The zero-order chi connectivity index (χ0) is 18.8. The first-order valence-corrected chi connectivity index (χ1v) is 9.52. The Morgan fingerprint density at radius 2 is 1.54 bits per heavy atom. The summed E-state index contributed by atoms with van der Waals surface area (Å²) in [4.78, 5) is 11.0. The van der Waals surface area contributed by atoms with Gasteiger partial charge in [0.05, 0.1) is 5.92 Å². The number of unbranched alkanes of at least 4 members (excludes halogenated alkanes) is 2. The van der Waals surface area contributed by atoms with Gasteiger partial charge in [0.1, 0.15) is 0 Å². The van der Waals surface area contributed by atoms with E-state index in [0.29, 0.717) is 25.7 Å². The standard InChI is InChI=1S/C15H25F5O3S/c1-2-3-7-12(13(21)22)8-4-5-10-24(23)11-6-9-14(16,17)15(18,19)20/h12H,2-11H2,1H3,(H,21,22). The Kier molecular flexibility index (Phi) is 10.7. The van der Waals surface area contributed by atoms with Crippen molar-refractivity contribution in [1.82, 2.24) is 0 Å². The summed E-state index contributed by atoms with van der Waals surface area (Å²) in [5, 5.41) is 9.04. The molecule has 0 bridgehead atoms. The minimum atomic E-state index is -5.57. The Bertz CT molecular complexity index is 399. The summed E-state index contributed by atoms with van der Waals surface area (Å²) in [5.41, 5.74) is 0. The van der Waals surface area contributed by atoms with Gasteiger partial charge in [-0.05, 0) is 25.7 Å². The van der Waals surface area contributed by atoms with E-state index in [0.717, 1.165) is 12.8 Å². The first-order valence-electron chi connectivity index (χ1n) is 8.03. The number of hydrogen-bond donors (Lipinski definition) is 1. The van der Waals surface area contributed by atoms with Gasteiger partial charge >= 0.3 is 18.1 Å². The molecule has 2 atom stereocenters. The zero-order valence-corrected chi connectivity index (χ0v) is 14.5. The minimum absolute atomic E-state index is 0.192. The van der Waals surface area contributed by atoms with Gasteiger partial charge in [-0.15, -0.1) is 0 Å². The van der Waals surface area contributed by atoms with Crippen molar-refractivity contribution >= 4 is 16.8 Å². The molecule has 0 spiro atoms. The van der Waals surface area contributed by atoms with Gasteiger partial charge in [0.2, 0.25) is 0 Å². The second-order valence-corrected chi connectivity index (χ2v) is 7.52. The Labute approximate surface area is 141 Å². The molecule has 24 heavy (non-hydrogen) atoms. The maximum absolute atomic E-state index is 12.7. The highest BCUT2D eigenvalue weighted by Gasteiger charge is 2.56. The van der Waals surface area contributed by atoms with E-state index in [1.807, 2.05) is 6.92 Å². The molecule has 0 aromatic carbocycles. The SMILES string of the molecule is CCCCC(CCCCS(=O)CCCC(F)(F)C(F)(F)F)C(=O)O. The van der Waals surface area contributed by atoms with Crippen molar-refractivity contribution in [2.24, 2.45) is 5.92 Å². The second kappa shape index (κ2) is 11.0. The summed E-state index contributed by atoms with van der Waals surface area (Å²) in [6.07, 6.45) is -3.62. The molecule has 0 saturated carbocycles. The van der Waals surface area contributed by atoms with Crippen LogP contribution in [0, 0.1) is 5.92 Å². The highest BCUT2D eigenvalue weighted by atomic mass is 32.2. The van der Waals surface area contributed by atoms with Crippen LogP contribution < -0.4 is 0 Å². The summed E-state index contributed by atoms with van der Waals surface area (Å²) < 4.78 is 72.8. The molecular weight excluding hydrogens is 355 g/mol. The highest BCUT2D eigenvalue weighted by molar-refractivity contribution is 7.84. The molecule has 0 aromatic rings. The highest BCUT2D eigenvalue weighted by Crippen LogP contribution is 2.38. The van der Waals surface area contributed by atoms with Crippen LogP contribution in [0.2, 0.25) is 0 Å². The van der Waals surface area contributed by atoms with Crippen LogP contribution in [0.4, 0.5) is 22.0 Å². The number of carboxylic acids is 1. The molecule has 0 aliphatic rings. The van der Waals surface area contributed by atoms with Gasteiger partial charge in [-0.1, -0.05) is 26.2 Å². The Morgan fingerprint density at radius 1 is 1.00 bits per heavy atom. The van der Waals surface area contributed by atoms with Crippen LogP contribution in [0.5, 0.6) is 0 Å². The van der Waals surface area contributed by atoms with Crippen LogP contribution in [0.25, 0.3) is 0 Å². The molecule has 0 saturated heterocycles. The molecular formula is C15H25F5O3S. The van der Waals surface area contributed by atoms with Gasteiger partial charge in [-0.3, -0.25) is 9.00 Å². The Balaban J connectivity index is 3.93. The quantitative estimate of drug-likeness (QED) is 0.370. The molecule has 144 valence electrons. The fourth-order valence-electron chi connectivity index (χ4n) is 2.19. The average Bonchev–Trinajstić information content (AvgIpc) is 2.44. The summed E-state index contributed by atoms with van der Waals surface area (Å²) in [5.74, 6) is -6.06. The molecule has 3 nitrogen and oxygen atoms in total. The van der Waals surface area contributed by atoms with Crippen LogP contribution >= 0.6 is 0 Å². The predicted molar refractivity (Wildman–Crippen MR) is 82.6 cm³/mol. The van der Waals surface area contributed by atoms with E-state index < -0.39 is 47.6 Å². The third-order valence-corrected chi connectivity index (χ3v) is 5.20. The van der Waals surface area contributed by atoms with E-state index in [9.17, 15) is 31.0 Å². The smallest absolute Gasteiger partial charge is 0.453 e.